The summed E-state index contributed by atoms with van der Waals surface area (Å²) in [5, 5.41) is 3.97. The van der Waals surface area contributed by atoms with E-state index >= 15 is 0 Å². The van der Waals surface area contributed by atoms with Crippen LogP contribution in [0.5, 0.6) is 0 Å². The molecule has 5 nitrogen and oxygen atoms in total. The standard InChI is InChI=1S/C17H27N3O2S/c1-3-23-12-15-10-16(18-22-15)17(21)20-9-6-14(11-20)13-4-7-19(2)8-5-13/h10,13-14H,3-9,11-12H2,1-2H3. The van der Waals surface area contributed by atoms with Gasteiger partial charge >= 0.3 is 0 Å². The molecule has 1 amide bonds. The number of hydrogen-bond acceptors (Lipinski definition) is 5. The molecule has 6 heteroatoms. The van der Waals surface area contributed by atoms with Gasteiger partial charge in [0, 0.05) is 19.2 Å². The zero-order valence-corrected chi connectivity index (χ0v) is 15.0. The number of rotatable bonds is 5. The zero-order chi connectivity index (χ0) is 16.2. The smallest absolute Gasteiger partial charge is 0.276 e. The van der Waals surface area contributed by atoms with E-state index in [0.29, 0.717) is 11.6 Å². The highest BCUT2D eigenvalue weighted by atomic mass is 32.2. The molecule has 2 aliphatic heterocycles. The topological polar surface area (TPSA) is 49.6 Å². The van der Waals surface area contributed by atoms with Gasteiger partial charge in [-0.25, -0.2) is 0 Å². The third-order valence-corrected chi connectivity index (χ3v) is 6.07. The number of hydrogen-bond donors (Lipinski definition) is 0. The average Bonchev–Trinajstić information content (AvgIpc) is 3.22. The molecular weight excluding hydrogens is 310 g/mol. The van der Waals surface area contributed by atoms with Gasteiger partial charge in [0.15, 0.2) is 5.69 Å². The number of carbonyl (C=O) groups excluding carboxylic acids is 1. The van der Waals surface area contributed by atoms with Crippen LogP contribution in [0.2, 0.25) is 0 Å². The summed E-state index contributed by atoms with van der Waals surface area (Å²) in [5.41, 5.74) is 0.473. The van der Waals surface area contributed by atoms with E-state index in [9.17, 15) is 4.79 Å². The zero-order valence-electron chi connectivity index (χ0n) is 14.2. The molecule has 0 N–H and O–H groups in total. The van der Waals surface area contributed by atoms with Gasteiger partial charge in [0.1, 0.15) is 5.76 Å². The Morgan fingerprint density at radius 2 is 2.04 bits per heavy atom. The molecule has 1 atom stereocenters. The second-order valence-electron chi connectivity index (χ2n) is 6.76. The summed E-state index contributed by atoms with van der Waals surface area (Å²) in [6.45, 7) is 6.25. The van der Waals surface area contributed by atoms with Gasteiger partial charge in [0.2, 0.25) is 0 Å². The first kappa shape index (κ1) is 16.8. The van der Waals surface area contributed by atoms with Crippen molar-refractivity contribution >= 4 is 17.7 Å². The fraction of sp³-hybridized carbons (Fsp3) is 0.765. The molecule has 2 fully saturated rings. The summed E-state index contributed by atoms with van der Waals surface area (Å²) in [4.78, 5) is 17.0. The molecule has 128 valence electrons. The van der Waals surface area contributed by atoms with E-state index in [1.54, 1.807) is 11.8 Å². The van der Waals surface area contributed by atoms with Crippen LogP contribution in [0.1, 0.15) is 42.4 Å². The molecule has 0 saturated carbocycles. The normalized spacial score (nSPS) is 23.6. The minimum absolute atomic E-state index is 0.0388. The Balaban J connectivity index is 1.53. The van der Waals surface area contributed by atoms with Crippen LogP contribution in [0.3, 0.4) is 0 Å². The molecule has 0 bridgehead atoms. The van der Waals surface area contributed by atoms with Crippen molar-refractivity contribution in [2.75, 3.05) is 39.0 Å². The highest BCUT2D eigenvalue weighted by Gasteiger charge is 2.34. The van der Waals surface area contributed by atoms with Gasteiger partial charge in [-0.2, -0.15) is 11.8 Å². The van der Waals surface area contributed by atoms with Crippen LogP contribution >= 0.6 is 11.8 Å². The summed E-state index contributed by atoms with van der Waals surface area (Å²) >= 11 is 1.78. The lowest BCUT2D eigenvalue weighted by molar-refractivity contribution is 0.0765. The summed E-state index contributed by atoms with van der Waals surface area (Å²) in [7, 11) is 2.19. The Hall–Kier alpha value is -1.01. The van der Waals surface area contributed by atoms with Crippen LogP contribution in [0, 0.1) is 11.8 Å². The second-order valence-corrected chi connectivity index (χ2v) is 8.03. The Kier molecular flexibility index (Phi) is 5.64. The van der Waals surface area contributed by atoms with Gasteiger partial charge in [-0.05, 0) is 57.0 Å². The number of piperidine rings is 1. The summed E-state index contributed by atoms with van der Waals surface area (Å²) in [6, 6.07) is 1.81. The minimum atomic E-state index is 0.0388. The molecule has 2 saturated heterocycles. The maximum atomic E-state index is 12.6. The molecule has 0 aromatic carbocycles. The second kappa shape index (κ2) is 7.71. The number of nitrogens with zero attached hydrogens (tertiary/aromatic N) is 3. The first-order valence-electron chi connectivity index (χ1n) is 8.68. The predicted molar refractivity (Wildman–Crippen MR) is 92.6 cm³/mol. The van der Waals surface area contributed by atoms with E-state index in [2.05, 4.69) is 24.0 Å². The predicted octanol–water partition coefficient (Wildman–Crippen LogP) is 2.73. The van der Waals surface area contributed by atoms with Crippen LogP contribution < -0.4 is 0 Å². The van der Waals surface area contributed by atoms with E-state index < -0.39 is 0 Å². The molecule has 1 aromatic heterocycles. The molecule has 1 aromatic rings. The van der Waals surface area contributed by atoms with Crippen molar-refractivity contribution in [1.29, 1.82) is 0 Å². The molecule has 0 radical (unpaired) electrons. The molecular formula is C17H27N3O2S. The minimum Gasteiger partial charge on any atom is -0.360 e. The third kappa shape index (κ3) is 4.10. The van der Waals surface area contributed by atoms with Crippen LogP contribution in [0.15, 0.2) is 10.6 Å². The lowest BCUT2D eigenvalue weighted by Crippen LogP contribution is -2.35. The highest BCUT2D eigenvalue weighted by molar-refractivity contribution is 7.98. The first-order valence-corrected chi connectivity index (χ1v) is 9.84. The summed E-state index contributed by atoms with van der Waals surface area (Å²) < 4.78 is 5.28. The van der Waals surface area contributed by atoms with Crippen molar-refractivity contribution in [3.8, 4) is 0 Å². The van der Waals surface area contributed by atoms with E-state index in [-0.39, 0.29) is 5.91 Å². The molecule has 3 rings (SSSR count). The number of likely N-dealkylation sites (tertiary alicyclic amines) is 2. The number of amides is 1. The molecule has 0 aliphatic carbocycles. The fourth-order valence-corrected chi connectivity index (χ4v) is 4.24. The van der Waals surface area contributed by atoms with Gasteiger partial charge in [0.05, 0.1) is 5.75 Å². The Morgan fingerprint density at radius 3 is 2.78 bits per heavy atom. The van der Waals surface area contributed by atoms with Crippen LogP contribution in [-0.4, -0.2) is 59.8 Å². The van der Waals surface area contributed by atoms with Crippen LogP contribution in [0.25, 0.3) is 0 Å². The fourth-order valence-electron chi connectivity index (χ4n) is 3.70. The van der Waals surface area contributed by atoms with Crippen molar-refractivity contribution in [2.45, 2.75) is 31.9 Å². The SMILES string of the molecule is CCSCc1cc(C(=O)N2CCC(C3CCN(C)CC3)C2)no1. The highest BCUT2D eigenvalue weighted by Crippen LogP contribution is 2.32. The Morgan fingerprint density at radius 1 is 1.30 bits per heavy atom. The van der Waals surface area contributed by atoms with E-state index in [0.717, 1.165) is 42.7 Å². The Labute approximate surface area is 142 Å². The molecule has 23 heavy (non-hydrogen) atoms. The lowest BCUT2D eigenvalue weighted by atomic mass is 9.84. The molecule has 3 heterocycles. The van der Waals surface area contributed by atoms with E-state index in [1.165, 1.54) is 25.9 Å². The van der Waals surface area contributed by atoms with E-state index in [4.69, 9.17) is 4.52 Å². The Bertz CT molecular complexity index is 526. The largest absolute Gasteiger partial charge is 0.360 e. The van der Waals surface area contributed by atoms with Crippen molar-refractivity contribution in [1.82, 2.24) is 15.0 Å². The van der Waals surface area contributed by atoms with Crippen molar-refractivity contribution in [3.05, 3.63) is 17.5 Å². The third-order valence-electron chi connectivity index (χ3n) is 5.17. The van der Waals surface area contributed by atoms with Gasteiger partial charge in [-0.15, -0.1) is 0 Å². The van der Waals surface area contributed by atoms with Crippen molar-refractivity contribution in [3.63, 3.8) is 0 Å². The first-order chi connectivity index (χ1) is 11.2. The average molecular weight is 337 g/mol. The number of thioether (sulfide) groups is 1. The number of aromatic nitrogens is 1. The molecule has 2 aliphatic rings. The molecule has 0 spiro atoms. The lowest BCUT2D eigenvalue weighted by Gasteiger charge is -2.32. The van der Waals surface area contributed by atoms with Crippen molar-refractivity contribution in [2.24, 2.45) is 11.8 Å². The van der Waals surface area contributed by atoms with Crippen LogP contribution in [0.4, 0.5) is 0 Å². The van der Waals surface area contributed by atoms with Gasteiger partial charge in [-0.1, -0.05) is 12.1 Å². The molecule has 1 unspecified atom stereocenters. The maximum Gasteiger partial charge on any atom is 0.276 e. The van der Waals surface area contributed by atoms with Gasteiger partial charge < -0.3 is 14.3 Å². The van der Waals surface area contributed by atoms with Crippen LogP contribution in [-0.2, 0) is 5.75 Å². The summed E-state index contributed by atoms with van der Waals surface area (Å²) in [6.07, 6.45) is 3.67. The van der Waals surface area contributed by atoms with Gasteiger partial charge in [-0.3, -0.25) is 4.79 Å². The van der Waals surface area contributed by atoms with Gasteiger partial charge in [0.25, 0.3) is 5.91 Å². The van der Waals surface area contributed by atoms with Crippen molar-refractivity contribution < 1.29 is 9.32 Å². The quantitative estimate of drug-likeness (QED) is 0.827. The monoisotopic (exact) mass is 337 g/mol. The number of carbonyl (C=O) groups is 1. The maximum absolute atomic E-state index is 12.6. The summed E-state index contributed by atoms with van der Waals surface area (Å²) in [5.74, 6) is 4.10. The van der Waals surface area contributed by atoms with E-state index in [1.807, 2.05) is 11.0 Å².